The van der Waals surface area contributed by atoms with E-state index in [9.17, 15) is 0 Å². The van der Waals surface area contributed by atoms with E-state index in [1.54, 1.807) is 12.3 Å². The van der Waals surface area contributed by atoms with Gasteiger partial charge in [-0.25, -0.2) is 4.98 Å². The molecule has 8 heteroatoms. The molecular formula is C17H24N6O2. The van der Waals surface area contributed by atoms with E-state index >= 15 is 0 Å². The summed E-state index contributed by atoms with van der Waals surface area (Å²) in [6, 6.07) is 1.93. The molecule has 0 aromatic carbocycles. The minimum Gasteiger partial charge on any atom is -0.478 e. The van der Waals surface area contributed by atoms with Gasteiger partial charge in [0.15, 0.2) is 5.82 Å². The summed E-state index contributed by atoms with van der Waals surface area (Å²) in [7, 11) is 0. The molecule has 2 fully saturated rings. The second kappa shape index (κ2) is 6.95. The first-order valence-corrected chi connectivity index (χ1v) is 9.03. The van der Waals surface area contributed by atoms with E-state index in [1.807, 2.05) is 6.92 Å². The van der Waals surface area contributed by atoms with Crippen LogP contribution in [0.15, 0.2) is 16.8 Å². The lowest BCUT2D eigenvalue weighted by atomic mass is 10.2. The van der Waals surface area contributed by atoms with Crippen molar-refractivity contribution in [2.45, 2.75) is 38.6 Å². The van der Waals surface area contributed by atoms with E-state index in [0.717, 1.165) is 43.8 Å². The zero-order valence-corrected chi connectivity index (χ0v) is 14.8. The summed E-state index contributed by atoms with van der Waals surface area (Å²) in [6.45, 7) is 8.23. The standard InChI is InChI=1S/C17H24N6O2/c1-3-24-14-6-7-18-17(19-14)23-10-8-22(9-11-23)12(2)16-20-15(21-25-16)13-4-5-13/h6-7,12-13H,3-5,8-11H2,1-2H3/t12-/m0/s1. The van der Waals surface area contributed by atoms with E-state index in [-0.39, 0.29) is 6.04 Å². The lowest BCUT2D eigenvalue weighted by Crippen LogP contribution is -2.47. The molecule has 2 aromatic rings. The van der Waals surface area contributed by atoms with Crippen molar-refractivity contribution in [3.8, 4) is 5.88 Å². The van der Waals surface area contributed by atoms with Crippen molar-refractivity contribution < 1.29 is 9.26 Å². The number of ether oxygens (including phenoxy) is 1. The molecule has 2 aliphatic rings. The van der Waals surface area contributed by atoms with E-state index in [2.05, 4.69) is 36.8 Å². The quantitative estimate of drug-likeness (QED) is 0.787. The smallest absolute Gasteiger partial charge is 0.243 e. The van der Waals surface area contributed by atoms with E-state index in [1.165, 1.54) is 12.8 Å². The van der Waals surface area contributed by atoms with Gasteiger partial charge in [-0.1, -0.05) is 5.16 Å². The second-order valence-electron chi connectivity index (χ2n) is 6.59. The number of hydrogen-bond donors (Lipinski definition) is 0. The average molecular weight is 344 g/mol. The number of hydrogen-bond acceptors (Lipinski definition) is 8. The third-order valence-electron chi connectivity index (χ3n) is 4.81. The zero-order chi connectivity index (χ0) is 17.2. The van der Waals surface area contributed by atoms with Crippen molar-refractivity contribution in [3.05, 3.63) is 24.0 Å². The Labute approximate surface area is 147 Å². The molecule has 1 aliphatic carbocycles. The third kappa shape index (κ3) is 3.58. The van der Waals surface area contributed by atoms with Crippen molar-refractivity contribution in [1.82, 2.24) is 25.0 Å². The summed E-state index contributed by atoms with van der Waals surface area (Å²) < 4.78 is 10.9. The van der Waals surface area contributed by atoms with Crippen molar-refractivity contribution in [2.75, 3.05) is 37.7 Å². The fourth-order valence-corrected chi connectivity index (χ4v) is 3.10. The molecule has 134 valence electrons. The van der Waals surface area contributed by atoms with E-state index < -0.39 is 0 Å². The number of nitrogens with zero attached hydrogens (tertiary/aromatic N) is 6. The minimum absolute atomic E-state index is 0.137. The maximum Gasteiger partial charge on any atom is 0.243 e. The van der Waals surface area contributed by atoms with Crippen molar-refractivity contribution >= 4 is 5.95 Å². The van der Waals surface area contributed by atoms with Gasteiger partial charge in [0.05, 0.1) is 12.6 Å². The molecule has 0 N–H and O–H groups in total. The van der Waals surface area contributed by atoms with Crippen LogP contribution in [0.1, 0.15) is 50.4 Å². The maximum absolute atomic E-state index is 5.48. The molecule has 0 amide bonds. The van der Waals surface area contributed by atoms with Gasteiger partial charge >= 0.3 is 0 Å². The van der Waals surface area contributed by atoms with Crippen LogP contribution in [0.3, 0.4) is 0 Å². The lowest BCUT2D eigenvalue weighted by molar-refractivity contribution is 0.163. The molecule has 0 unspecified atom stereocenters. The van der Waals surface area contributed by atoms with Gasteiger partial charge in [-0.2, -0.15) is 9.97 Å². The molecule has 3 heterocycles. The van der Waals surface area contributed by atoms with Crippen molar-refractivity contribution in [1.29, 1.82) is 0 Å². The Morgan fingerprint density at radius 3 is 2.76 bits per heavy atom. The topological polar surface area (TPSA) is 80.4 Å². The van der Waals surface area contributed by atoms with E-state index in [4.69, 9.17) is 9.26 Å². The molecular weight excluding hydrogens is 320 g/mol. The summed E-state index contributed by atoms with van der Waals surface area (Å²) in [6.07, 6.45) is 4.12. The first kappa shape index (κ1) is 16.3. The molecule has 25 heavy (non-hydrogen) atoms. The highest BCUT2D eigenvalue weighted by Gasteiger charge is 2.31. The Morgan fingerprint density at radius 1 is 1.24 bits per heavy atom. The number of piperazine rings is 1. The van der Waals surface area contributed by atoms with Crippen molar-refractivity contribution in [3.63, 3.8) is 0 Å². The molecule has 2 aromatic heterocycles. The summed E-state index contributed by atoms with van der Waals surface area (Å²) in [5.74, 6) is 3.48. The Bertz CT molecular complexity index is 709. The highest BCUT2D eigenvalue weighted by molar-refractivity contribution is 5.32. The predicted octanol–water partition coefficient (Wildman–Crippen LogP) is 2.02. The van der Waals surface area contributed by atoms with Crippen LogP contribution >= 0.6 is 0 Å². The molecule has 8 nitrogen and oxygen atoms in total. The van der Waals surface area contributed by atoms with Crippen molar-refractivity contribution in [2.24, 2.45) is 0 Å². The summed E-state index contributed by atoms with van der Waals surface area (Å²) >= 11 is 0. The molecule has 1 atom stereocenters. The number of rotatable bonds is 6. The first-order valence-electron chi connectivity index (χ1n) is 9.03. The maximum atomic E-state index is 5.48. The minimum atomic E-state index is 0.137. The highest BCUT2D eigenvalue weighted by atomic mass is 16.5. The van der Waals surface area contributed by atoms with Gasteiger partial charge < -0.3 is 14.2 Å². The van der Waals surface area contributed by atoms with Crippen LogP contribution in [0.4, 0.5) is 5.95 Å². The molecule has 0 spiro atoms. The SMILES string of the molecule is CCOc1ccnc(N2CCN([C@@H](C)c3nc(C4CC4)no3)CC2)n1. The van der Waals surface area contributed by atoms with Gasteiger partial charge in [0.2, 0.25) is 17.7 Å². The van der Waals surface area contributed by atoms with Crippen LogP contribution in [0.25, 0.3) is 0 Å². The molecule has 1 aliphatic heterocycles. The van der Waals surface area contributed by atoms with E-state index in [0.29, 0.717) is 18.4 Å². The summed E-state index contributed by atoms with van der Waals surface area (Å²) in [5.41, 5.74) is 0. The molecule has 0 bridgehead atoms. The summed E-state index contributed by atoms with van der Waals surface area (Å²) in [4.78, 5) is 18.0. The van der Waals surface area contributed by atoms with Gasteiger partial charge in [-0.15, -0.1) is 0 Å². The van der Waals surface area contributed by atoms with Crippen LogP contribution in [-0.2, 0) is 0 Å². The molecule has 4 rings (SSSR count). The first-order chi connectivity index (χ1) is 12.2. The van der Waals surface area contributed by atoms with Crippen LogP contribution in [0.2, 0.25) is 0 Å². The van der Waals surface area contributed by atoms with Crippen LogP contribution in [-0.4, -0.2) is 57.8 Å². The fourth-order valence-electron chi connectivity index (χ4n) is 3.10. The molecule has 1 saturated heterocycles. The van der Waals surface area contributed by atoms with Gasteiger partial charge in [0, 0.05) is 44.4 Å². The fraction of sp³-hybridized carbons (Fsp3) is 0.647. The summed E-state index contributed by atoms with van der Waals surface area (Å²) in [5, 5.41) is 4.13. The highest BCUT2D eigenvalue weighted by Crippen LogP contribution is 2.38. The Balaban J connectivity index is 1.36. The monoisotopic (exact) mass is 344 g/mol. The van der Waals surface area contributed by atoms with Crippen LogP contribution in [0.5, 0.6) is 5.88 Å². The number of aromatic nitrogens is 4. The predicted molar refractivity (Wildman–Crippen MR) is 91.7 cm³/mol. The van der Waals surface area contributed by atoms with Crippen LogP contribution < -0.4 is 9.64 Å². The Morgan fingerprint density at radius 2 is 2.04 bits per heavy atom. The lowest BCUT2D eigenvalue weighted by Gasteiger charge is -2.36. The van der Waals surface area contributed by atoms with Gasteiger partial charge in [-0.05, 0) is 26.7 Å². The van der Waals surface area contributed by atoms with Crippen LogP contribution in [0, 0.1) is 0 Å². The number of anilines is 1. The van der Waals surface area contributed by atoms with Gasteiger partial charge in [-0.3, -0.25) is 4.90 Å². The Kier molecular flexibility index (Phi) is 4.52. The van der Waals surface area contributed by atoms with Gasteiger partial charge in [0.1, 0.15) is 0 Å². The third-order valence-corrected chi connectivity index (χ3v) is 4.81. The molecule has 0 radical (unpaired) electrons. The Hall–Kier alpha value is -2.22. The molecule has 1 saturated carbocycles. The average Bonchev–Trinajstić information content (AvgIpc) is 3.39. The zero-order valence-electron chi connectivity index (χ0n) is 14.8. The second-order valence-corrected chi connectivity index (χ2v) is 6.59. The normalized spacial score (nSPS) is 19.8. The largest absolute Gasteiger partial charge is 0.478 e. The van der Waals surface area contributed by atoms with Gasteiger partial charge in [0.25, 0.3) is 0 Å².